The minimum Gasteiger partial charge on any atom is -0.508 e. The predicted molar refractivity (Wildman–Crippen MR) is 146 cm³/mol. The van der Waals surface area contributed by atoms with Crippen LogP contribution < -0.4 is 9.64 Å². The van der Waals surface area contributed by atoms with Crippen molar-refractivity contribution >= 4 is 60.9 Å². The smallest absolute Gasteiger partial charge is 0.238 e. The molecular weight excluding hydrogens is 618 g/mol. The number of benzene rings is 2. The minimum atomic E-state index is -0.668. The zero-order valence-corrected chi connectivity index (χ0v) is 23.3. The lowest BCUT2D eigenvalue weighted by molar-refractivity contribution is -0.123. The fourth-order valence-electron chi connectivity index (χ4n) is 6.34. The van der Waals surface area contributed by atoms with Gasteiger partial charge in [0.15, 0.2) is 11.6 Å². The summed E-state index contributed by atoms with van der Waals surface area (Å²) in [4.78, 5) is 55.4. The summed E-state index contributed by atoms with van der Waals surface area (Å²) >= 11 is 6.62. The van der Waals surface area contributed by atoms with E-state index in [1.165, 1.54) is 30.2 Å². The van der Waals surface area contributed by atoms with Crippen molar-refractivity contribution in [1.29, 1.82) is 0 Å². The maximum atomic E-state index is 13.9. The Morgan fingerprint density at radius 2 is 1.71 bits per heavy atom. The number of carbonyl (C=O) groups excluding carboxylic acids is 4. The van der Waals surface area contributed by atoms with E-state index in [1.807, 2.05) is 6.08 Å². The maximum absolute atomic E-state index is 13.9. The molecular formula is C29H21Br2NO6. The molecule has 1 N–H and O–H groups in total. The van der Waals surface area contributed by atoms with Gasteiger partial charge in [0.1, 0.15) is 11.5 Å². The van der Waals surface area contributed by atoms with Gasteiger partial charge in [-0.15, -0.1) is 0 Å². The Bertz CT molecular complexity index is 1540. The molecule has 6 rings (SSSR count). The summed E-state index contributed by atoms with van der Waals surface area (Å²) in [5.41, 5.74) is 2.63. The Balaban J connectivity index is 1.51. The zero-order chi connectivity index (χ0) is 26.9. The van der Waals surface area contributed by atoms with Crippen LogP contribution in [-0.4, -0.2) is 35.6 Å². The van der Waals surface area contributed by atoms with Crippen LogP contribution in [0.15, 0.2) is 80.3 Å². The largest absolute Gasteiger partial charge is 0.508 e. The molecule has 0 aromatic heterocycles. The van der Waals surface area contributed by atoms with Crippen molar-refractivity contribution in [2.45, 2.75) is 18.8 Å². The average Bonchev–Trinajstić information content (AvgIpc) is 3.16. The van der Waals surface area contributed by atoms with E-state index in [1.54, 1.807) is 30.3 Å². The molecule has 0 saturated carbocycles. The Hall–Kier alpha value is -3.30. The van der Waals surface area contributed by atoms with Gasteiger partial charge in [0.25, 0.3) is 0 Å². The second kappa shape index (κ2) is 9.17. The van der Waals surface area contributed by atoms with Crippen LogP contribution in [0.25, 0.3) is 0 Å². The van der Waals surface area contributed by atoms with E-state index in [9.17, 15) is 24.3 Å². The number of amides is 2. The summed E-state index contributed by atoms with van der Waals surface area (Å²) in [5, 5.41) is 10.1. The van der Waals surface area contributed by atoms with E-state index >= 15 is 0 Å². The third-order valence-corrected chi connectivity index (χ3v) is 9.06. The first-order valence-electron chi connectivity index (χ1n) is 12.1. The minimum absolute atomic E-state index is 0.000227. The maximum Gasteiger partial charge on any atom is 0.238 e. The summed E-state index contributed by atoms with van der Waals surface area (Å²) in [6, 6.07) is 11.7. The second-order valence-corrected chi connectivity index (χ2v) is 11.6. The predicted octanol–water partition coefficient (Wildman–Crippen LogP) is 5.13. The van der Waals surface area contributed by atoms with Crippen molar-refractivity contribution in [3.05, 3.63) is 85.9 Å². The molecule has 7 nitrogen and oxygen atoms in total. The first-order chi connectivity index (χ1) is 18.2. The first kappa shape index (κ1) is 25.0. The molecule has 4 atom stereocenters. The van der Waals surface area contributed by atoms with Crippen LogP contribution in [-0.2, 0) is 19.2 Å². The zero-order valence-electron chi connectivity index (χ0n) is 20.1. The van der Waals surface area contributed by atoms with Gasteiger partial charge in [-0.05, 0) is 65.0 Å². The first-order valence-corrected chi connectivity index (χ1v) is 13.7. The number of methoxy groups -OCH3 is 1. The number of Topliss-reactive ketones (excluding diaryl/α,β-unsaturated/α-hetero) is 1. The normalized spacial score (nSPS) is 26.6. The second-order valence-electron chi connectivity index (χ2n) is 9.81. The Kier molecular flexibility index (Phi) is 6.03. The number of hydrogen-bond acceptors (Lipinski definition) is 6. The number of imide groups is 1. The van der Waals surface area contributed by atoms with Crippen molar-refractivity contribution in [3.8, 4) is 11.5 Å². The van der Waals surface area contributed by atoms with Gasteiger partial charge in [-0.1, -0.05) is 33.6 Å². The number of ketones is 2. The molecule has 3 aliphatic carbocycles. The van der Waals surface area contributed by atoms with Crippen molar-refractivity contribution in [1.82, 2.24) is 0 Å². The molecule has 2 amide bonds. The Labute approximate surface area is 235 Å². The van der Waals surface area contributed by atoms with Crippen LogP contribution in [0.3, 0.4) is 0 Å². The van der Waals surface area contributed by atoms with Crippen LogP contribution in [0, 0.1) is 17.8 Å². The van der Waals surface area contributed by atoms with E-state index < -0.39 is 23.7 Å². The number of phenolic OH excluding ortho intramolecular Hbond substituents is 1. The van der Waals surface area contributed by atoms with Gasteiger partial charge in [0.05, 0.1) is 29.1 Å². The van der Waals surface area contributed by atoms with Crippen LogP contribution >= 0.6 is 31.9 Å². The summed E-state index contributed by atoms with van der Waals surface area (Å²) in [5.74, 6) is -3.13. The number of phenols is 1. The number of anilines is 1. The van der Waals surface area contributed by atoms with E-state index in [2.05, 4.69) is 31.9 Å². The van der Waals surface area contributed by atoms with Crippen LogP contribution in [0.5, 0.6) is 11.5 Å². The number of halogens is 2. The number of hydrogen-bond donors (Lipinski definition) is 1. The molecule has 192 valence electrons. The average molecular weight is 639 g/mol. The SMILES string of the molecule is COc1cc(O)ccc1C1C2=CCC3C(=O)N(c4ccc(Br)cc4)C(=O)C3C2CC2=C1C(=O)C=C(Br)C2=O. The monoisotopic (exact) mass is 637 g/mol. The third kappa shape index (κ3) is 3.66. The molecule has 9 heteroatoms. The molecule has 1 fully saturated rings. The summed E-state index contributed by atoms with van der Waals surface area (Å²) in [6.45, 7) is 0. The van der Waals surface area contributed by atoms with Gasteiger partial charge in [0.2, 0.25) is 11.8 Å². The fraction of sp³-hybridized carbons (Fsp3) is 0.241. The number of nitrogens with zero attached hydrogens (tertiary/aromatic N) is 1. The lowest BCUT2D eigenvalue weighted by Crippen LogP contribution is -2.39. The van der Waals surface area contributed by atoms with Gasteiger partial charge >= 0.3 is 0 Å². The molecule has 2 aromatic rings. The number of fused-ring (bicyclic) bond motifs is 3. The van der Waals surface area contributed by atoms with Gasteiger partial charge < -0.3 is 9.84 Å². The Morgan fingerprint density at radius 1 is 0.974 bits per heavy atom. The number of aromatic hydroxyl groups is 1. The van der Waals surface area contributed by atoms with Gasteiger partial charge in [0, 0.05) is 39.2 Å². The standard InChI is InChI=1S/C29H21Br2NO6/c1-38-23-10-15(33)6-7-17(23)24-16-8-9-18-25(19(16)11-20-26(24)22(34)12-21(31)27(20)35)29(37)32(28(18)36)14-4-2-13(30)3-5-14/h2-8,10,12,18-19,24-25,33H,9,11H2,1H3. The molecule has 0 radical (unpaired) electrons. The summed E-state index contributed by atoms with van der Waals surface area (Å²) in [6.07, 6.45) is 3.76. The quantitative estimate of drug-likeness (QED) is 0.284. The molecule has 4 aliphatic rings. The van der Waals surface area contributed by atoms with Crippen molar-refractivity contribution in [2.24, 2.45) is 17.8 Å². The topological polar surface area (TPSA) is 101 Å². The lowest BCUT2D eigenvalue weighted by atomic mass is 9.59. The van der Waals surface area contributed by atoms with Gasteiger partial charge in [-0.2, -0.15) is 0 Å². The molecule has 0 bridgehead atoms. The van der Waals surface area contributed by atoms with Gasteiger partial charge in [-0.25, -0.2) is 0 Å². The number of rotatable bonds is 3. The van der Waals surface area contributed by atoms with Crippen LogP contribution in [0.4, 0.5) is 5.69 Å². The highest BCUT2D eigenvalue weighted by Crippen LogP contribution is 2.56. The molecule has 4 unspecified atom stereocenters. The lowest BCUT2D eigenvalue weighted by Gasteiger charge is -2.42. The molecule has 2 aromatic carbocycles. The molecule has 38 heavy (non-hydrogen) atoms. The van der Waals surface area contributed by atoms with Gasteiger partial charge in [-0.3, -0.25) is 24.1 Å². The van der Waals surface area contributed by atoms with Crippen molar-refractivity contribution in [3.63, 3.8) is 0 Å². The highest BCUT2D eigenvalue weighted by molar-refractivity contribution is 9.12. The van der Waals surface area contributed by atoms with Crippen LogP contribution in [0.1, 0.15) is 24.3 Å². The van der Waals surface area contributed by atoms with E-state index in [-0.39, 0.29) is 40.0 Å². The van der Waals surface area contributed by atoms with E-state index in [0.717, 1.165) is 10.0 Å². The highest BCUT2D eigenvalue weighted by Gasteiger charge is 2.56. The van der Waals surface area contributed by atoms with Crippen molar-refractivity contribution in [2.75, 3.05) is 12.0 Å². The fourth-order valence-corrected chi connectivity index (χ4v) is 7.06. The summed E-state index contributed by atoms with van der Waals surface area (Å²) < 4.78 is 6.57. The van der Waals surface area contributed by atoms with Crippen LogP contribution in [0.2, 0.25) is 0 Å². The van der Waals surface area contributed by atoms with Crippen molar-refractivity contribution < 1.29 is 29.0 Å². The number of ether oxygens (including phenoxy) is 1. The molecule has 0 spiro atoms. The number of carbonyl (C=O) groups is 4. The molecule has 1 saturated heterocycles. The number of allylic oxidation sites excluding steroid dienone is 6. The summed E-state index contributed by atoms with van der Waals surface area (Å²) in [7, 11) is 1.47. The molecule has 1 aliphatic heterocycles. The molecule has 1 heterocycles. The Morgan fingerprint density at radius 3 is 2.42 bits per heavy atom. The third-order valence-electron chi connectivity index (χ3n) is 7.94. The highest BCUT2D eigenvalue weighted by atomic mass is 79.9. The van der Waals surface area contributed by atoms with E-state index in [4.69, 9.17) is 4.74 Å². The van der Waals surface area contributed by atoms with E-state index in [0.29, 0.717) is 34.6 Å².